The number of β-amino-alcohol motifs (C(OH)–C–C–N with tert-alkyl or cyclic N) is 1. The van der Waals surface area contributed by atoms with Crippen LogP contribution in [-0.4, -0.2) is 47.8 Å². The second-order valence-corrected chi connectivity index (χ2v) is 3.75. The van der Waals surface area contributed by atoms with Crippen LogP contribution < -0.4 is 0 Å². The lowest BCUT2D eigenvalue weighted by atomic mass is 10.2. The van der Waals surface area contributed by atoms with Crippen LogP contribution in [0.4, 0.5) is 0 Å². The third-order valence-electron chi connectivity index (χ3n) is 2.42. The third-order valence-corrected chi connectivity index (χ3v) is 2.42. The van der Waals surface area contributed by atoms with Crippen molar-refractivity contribution < 1.29 is 14.6 Å². The molecule has 0 spiro atoms. The molecule has 2 atom stereocenters. The molecule has 1 saturated heterocycles. The summed E-state index contributed by atoms with van der Waals surface area (Å²) < 4.78 is 4.98. The standard InChI is InChI=1S/C10H19NO3/c1-3-14-10(13)9-5-4-6-11(9)7-8(2)12/h8-9,12H,3-7H2,1-2H3. The number of carbonyl (C=O) groups is 1. The molecule has 4 nitrogen and oxygen atoms in total. The van der Waals surface area contributed by atoms with Gasteiger partial charge in [-0.05, 0) is 33.2 Å². The van der Waals surface area contributed by atoms with E-state index < -0.39 is 0 Å². The Morgan fingerprint density at radius 3 is 3.00 bits per heavy atom. The first-order valence-corrected chi connectivity index (χ1v) is 5.24. The first-order valence-electron chi connectivity index (χ1n) is 5.24. The summed E-state index contributed by atoms with van der Waals surface area (Å²) in [5.74, 6) is -0.148. The normalized spacial score (nSPS) is 24.9. The Labute approximate surface area is 84.8 Å². The molecular weight excluding hydrogens is 182 g/mol. The van der Waals surface area contributed by atoms with Gasteiger partial charge in [0.1, 0.15) is 6.04 Å². The van der Waals surface area contributed by atoms with Crippen molar-refractivity contribution in [2.24, 2.45) is 0 Å². The zero-order valence-electron chi connectivity index (χ0n) is 8.90. The fourth-order valence-corrected chi connectivity index (χ4v) is 1.89. The van der Waals surface area contributed by atoms with Crippen LogP contribution in [0.15, 0.2) is 0 Å². The molecule has 1 aliphatic rings. The molecule has 2 unspecified atom stereocenters. The first kappa shape index (κ1) is 11.5. The predicted octanol–water partition coefficient (Wildman–Crippen LogP) is 0.395. The van der Waals surface area contributed by atoms with Gasteiger partial charge in [-0.15, -0.1) is 0 Å². The van der Waals surface area contributed by atoms with E-state index in [0.717, 1.165) is 19.4 Å². The summed E-state index contributed by atoms with van der Waals surface area (Å²) >= 11 is 0. The van der Waals surface area contributed by atoms with Crippen LogP contribution in [-0.2, 0) is 9.53 Å². The molecule has 0 amide bonds. The van der Waals surface area contributed by atoms with E-state index in [-0.39, 0.29) is 18.1 Å². The molecule has 82 valence electrons. The molecule has 1 aliphatic heterocycles. The quantitative estimate of drug-likeness (QED) is 0.669. The van der Waals surface area contributed by atoms with Crippen molar-refractivity contribution >= 4 is 5.97 Å². The van der Waals surface area contributed by atoms with Crippen LogP contribution in [0.1, 0.15) is 26.7 Å². The Morgan fingerprint density at radius 2 is 2.43 bits per heavy atom. The van der Waals surface area contributed by atoms with Crippen LogP contribution in [0.3, 0.4) is 0 Å². The van der Waals surface area contributed by atoms with E-state index in [1.165, 1.54) is 0 Å². The van der Waals surface area contributed by atoms with Crippen LogP contribution in [0, 0.1) is 0 Å². The molecule has 14 heavy (non-hydrogen) atoms. The van der Waals surface area contributed by atoms with Gasteiger partial charge in [-0.1, -0.05) is 0 Å². The first-order chi connectivity index (χ1) is 6.65. The number of hydrogen-bond donors (Lipinski definition) is 1. The molecule has 1 rings (SSSR count). The third kappa shape index (κ3) is 2.96. The van der Waals surface area contributed by atoms with Crippen molar-refractivity contribution in [3.05, 3.63) is 0 Å². The van der Waals surface area contributed by atoms with Crippen LogP contribution in [0.5, 0.6) is 0 Å². The molecule has 0 radical (unpaired) electrons. The van der Waals surface area contributed by atoms with Crippen LogP contribution >= 0.6 is 0 Å². The van der Waals surface area contributed by atoms with Gasteiger partial charge in [-0.25, -0.2) is 0 Å². The SMILES string of the molecule is CCOC(=O)C1CCCN1CC(C)O. The minimum absolute atomic E-state index is 0.135. The summed E-state index contributed by atoms with van der Waals surface area (Å²) in [4.78, 5) is 13.5. The highest BCUT2D eigenvalue weighted by Crippen LogP contribution is 2.18. The van der Waals surface area contributed by atoms with Gasteiger partial charge >= 0.3 is 5.97 Å². The molecule has 1 N–H and O–H groups in total. The van der Waals surface area contributed by atoms with Crippen molar-refractivity contribution in [2.75, 3.05) is 19.7 Å². The molecule has 0 aromatic rings. The van der Waals surface area contributed by atoms with E-state index in [1.54, 1.807) is 6.92 Å². The Kier molecular flexibility index (Phi) is 4.35. The Hall–Kier alpha value is -0.610. The van der Waals surface area contributed by atoms with Crippen LogP contribution in [0.25, 0.3) is 0 Å². The molecule has 0 saturated carbocycles. The summed E-state index contributed by atoms with van der Waals surface area (Å²) in [6, 6.07) is -0.135. The van der Waals surface area contributed by atoms with Crippen molar-refractivity contribution in [2.45, 2.75) is 38.8 Å². The highest BCUT2D eigenvalue weighted by molar-refractivity contribution is 5.76. The lowest BCUT2D eigenvalue weighted by Crippen LogP contribution is -2.40. The number of nitrogens with zero attached hydrogens (tertiary/aromatic N) is 1. The smallest absolute Gasteiger partial charge is 0.323 e. The number of aliphatic hydroxyl groups excluding tert-OH is 1. The number of hydrogen-bond acceptors (Lipinski definition) is 4. The summed E-state index contributed by atoms with van der Waals surface area (Å²) in [5.41, 5.74) is 0. The number of rotatable bonds is 4. The lowest BCUT2D eigenvalue weighted by molar-refractivity contribution is -0.148. The van der Waals surface area contributed by atoms with Crippen molar-refractivity contribution in [1.82, 2.24) is 4.90 Å². The largest absolute Gasteiger partial charge is 0.465 e. The maximum atomic E-state index is 11.5. The molecular formula is C10H19NO3. The number of likely N-dealkylation sites (tertiary alicyclic amines) is 1. The van der Waals surface area contributed by atoms with Crippen molar-refractivity contribution in [1.29, 1.82) is 0 Å². The number of carbonyl (C=O) groups excluding carboxylic acids is 1. The Morgan fingerprint density at radius 1 is 1.71 bits per heavy atom. The summed E-state index contributed by atoms with van der Waals surface area (Å²) in [7, 11) is 0. The second-order valence-electron chi connectivity index (χ2n) is 3.75. The Bertz CT molecular complexity index is 194. The molecule has 0 bridgehead atoms. The number of esters is 1. The molecule has 4 heteroatoms. The van der Waals surface area contributed by atoms with Gasteiger partial charge in [0.05, 0.1) is 12.7 Å². The molecule has 0 aliphatic carbocycles. The number of ether oxygens (including phenoxy) is 1. The maximum absolute atomic E-state index is 11.5. The fourth-order valence-electron chi connectivity index (χ4n) is 1.89. The molecule has 0 aromatic carbocycles. The van der Waals surface area contributed by atoms with Gasteiger partial charge in [0.2, 0.25) is 0 Å². The number of aliphatic hydroxyl groups is 1. The zero-order valence-corrected chi connectivity index (χ0v) is 8.90. The Balaban J connectivity index is 2.46. The predicted molar refractivity (Wildman–Crippen MR) is 52.9 cm³/mol. The summed E-state index contributed by atoms with van der Waals surface area (Å²) in [6.45, 7) is 5.42. The second kappa shape index (κ2) is 5.32. The average Bonchev–Trinajstić information content (AvgIpc) is 2.51. The van der Waals surface area contributed by atoms with E-state index >= 15 is 0 Å². The molecule has 1 fully saturated rings. The van der Waals surface area contributed by atoms with Crippen molar-refractivity contribution in [3.8, 4) is 0 Å². The summed E-state index contributed by atoms with van der Waals surface area (Å²) in [6.07, 6.45) is 1.48. The lowest BCUT2D eigenvalue weighted by Gasteiger charge is -2.23. The molecule has 0 aromatic heterocycles. The average molecular weight is 201 g/mol. The van der Waals surface area contributed by atoms with Gasteiger partial charge in [-0.3, -0.25) is 9.69 Å². The van der Waals surface area contributed by atoms with E-state index in [9.17, 15) is 9.90 Å². The van der Waals surface area contributed by atoms with Gasteiger partial charge < -0.3 is 9.84 Å². The van der Waals surface area contributed by atoms with Crippen LogP contribution in [0.2, 0.25) is 0 Å². The highest BCUT2D eigenvalue weighted by atomic mass is 16.5. The zero-order chi connectivity index (χ0) is 10.6. The van der Waals surface area contributed by atoms with Gasteiger partial charge in [-0.2, -0.15) is 0 Å². The summed E-state index contributed by atoms with van der Waals surface area (Å²) in [5, 5.41) is 9.25. The fraction of sp³-hybridized carbons (Fsp3) is 0.900. The van der Waals surface area contributed by atoms with E-state index in [0.29, 0.717) is 13.2 Å². The van der Waals surface area contributed by atoms with E-state index in [4.69, 9.17) is 4.74 Å². The van der Waals surface area contributed by atoms with Gasteiger partial charge in [0.15, 0.2) is 0 Å². The van der Waals surface area contributed by atoms with E-state index in [2.05, 4.69) is 0 Å². The van der Waals surface area contributed by atoms with Gasteiger partial charge in [0.25, 0.3) is 0 Å². The highest BCUT2D eigenvalue weighted by Gasteiger charge is 2.31. The van der Waals surface area contributed by atoms with Gasteiger partial charge in [0, 0.05) is 6.54 Å². The van der Waals surface area contributed by atoms with Crippen molar-refractivity contribution in [3.63, 3.8) is 0 Å². The minimum atomic E-state index is -0.384. The topological polar surface area (TPSA) is 49.8 Å². The van der Waals surface area contributed by atoms with E-state index in [1.807, 2.05) is 11.8 Å². The minimum Gasteiger partial charge on any atom is -0.465 e. The maximum Gasteiger partial charge on any atom is 0.323 e. The monoisotopic (exact) mass is 201 g/mol. The molecule has 1 heterocycles.